The molecule has 0 bridgehead atoms. The molecule has 1 N–H and O–H groups in total. The van der Waals surface area contributed by atoms with E-state index in [1.165, 1.54) is 24.1 Å². The van der Waals surface area contributed by atoms with E-state index in [0.29, 0.717) is 17.1 Å². The lowest BCUT2D eigenvalue weighted by molar-refractivity contribution is -0.140. The molecule has 0 unspecified atom stereocenters. The summed E-state index contributed by atoms with van der Waals surface area (Å²) >= 11 is 6.03. The van der Waals surface area contributed by atoms with E-state index < -0.39 is 28.5 Å². The summed E-state index contributed by atoms with van der Waals surface area (Å²) in [5, 5.41) is 3.05. The van der Waals surface area contributed by atoms with Gasteiger partial charge in [0.15, 0.2) is 0 Å². The van der Waals surface area contributed by atoms with Crippen LogP contribution in [0.2, 0.25) is 5.02 Å². The first-order chi connectivity index (χ1) is 17.2. The monoisotopic (exact) mass is 527 g/mol. The van der Waals surface area contributed by atoms with Crippen molar-refractivity contribution in [2.45, 2.75) is 37.8 Å². The van der Waals surface area contributed by atoms with Crippen molar-refractivity contribution in [1.82, 2.24) is 10.2 Å². The van der Waals surface area contributed by atoms with Crippen molar-refractivity contribution in [2.75, 3.05) is 17.9 Å². The summed E-state index contributed by atoms with van der Waals surface area (Å²) in [7, 11) is -2.58. The van der Waals surface area contributed by atoms with Gasteiger partial charge in [0, 0.05) is 18.6 Å². The van der Waals surface area contributed by atoms with Crippen molar-refractivity contribution in [3.63, 3.8) is 0 Å². The highest BCUT2D eigenvalue weighted by Gasteiger charge is 2.33. The van der Waals surface area contributed by atoms with Crippen LogP contribution in [-0.2, 0) is 26.2 Å². The van der Waals surface area contributed by atoms with E-state index in [-0.39, 0.29) is 17.3 Å². The number of hydrogen-bond donors (Lipinski definition) is 1. The van der Waals surface area contributed by atoms with E-state index in [4.69, 9.17) is 11.6 Å². The largest absolute Gasteiger partial charge is 0.357 e. The van der Waals surface area contributed by atoms with Crippen LogP contribution in [0.25, 0.3) is 0 Å². The third kappa shape index (κ3) is 6.44. The molecule has 0 saturated carbocycles. The molecule has 3 aromatic rings. The van der Waals surface area contributed by atoms with E-state index >= 15 is 0 Å². The molecule has 0 saturated heterocycles. The Labute approximate surface area is 217 Å². The molecular weight excluding hydrogens is 498 g/mol. The topological polar surface area (TPSA) is 86.8 Å². The van der Waals surface area contributed by atoms with E-state index in [0.717, 1.165) is 15.4 Å². The summed E-state index contributed by atoms with van der Waals surface area (Å²) in [4.78, 5) is 28.0. The average molecular weight is 528 g/mol. The van der Waals surface area contributed by atoms with Crippen LogP contribution in [0.15, 0.2) is 83.8 Å². The van der Waals surface area contributed by atoms with Crippen molar-refractivity contribution < 1.29 is 18.0 Å². The molecule has 190 valence electrons. The van der Waals surface area contributed by atoms with Gasteiger partial charge < -0.3 is 10.2 Å². The number of hydrogen-bond acceptors (Lipinski definition) is 4. The van der Waals surface area contributed by atoms with Gasteiger partial charge in [0.25, 0.3) is 10.0 Å². The fourth-order valence-electron chi connectivity index (χ4n) is 3.83. The Balaban J connectivity index is 2.03. The van der Waals surface area contributed by atoms with E-state index in [1.54, 1.807) is 42.5 Å². The predicted molar refractivity (Wildman–Crippen MR) is 142 cm³/mol. The molecule has 0 spiro atoms. The van der Waals surface area contributed by atoms with Crippen molar-refractivity contribution in [3.8, 4) is 0 Å². The summed E-state index contributed by atoms with van der Waals surface area (Å²) in [5.41, 5.74) is 2.19. The quantitative estimate of drug-likeness (QED) is 0.423. The molecule has 0 fully saturated rings. The molecule has 3 aromatic carbocycles. The summed E-state index contributed by atoms with van der Waals surface area (Å²) in [6.45, 7) is 3.45. The zero-order valence-electron chi connectivity index (χ0n) is 20.5. The fourth-order valence-corrected chi connectivity index (χ4v) is 5.39. The number of benzene rings is 3. The molecular formula is C27H30ClN3O4S. The molecule has 3 rings (SSSR count). The number of nitrogens with zero attached hydrogens (tertiary/aromatic N) is 2. The van der Waals surface area contributed by atoms with E-state index in [2.05, 4.69) is 5.32 Å². The Morgan fingerprint density at radius 3 is 2.11 bits per heavy atom. The summed E-state index contributed by atoms with van der Waals surface area (Å²) in [6.07, 6.45) is 0.365. The lowest BCUT2D eigenvalue weighted by Crippen LogP contribution is -2.51. The first kappa shape index (κ1) is 27.2. The Morgan fingerprint density at radius 1 is 0.944 bits per heavy atom. The number of carbonyl (C=O) groups excluding carboxylic acids is 2. The maximum atomic E-state index is 13.8. The first-order valence-electron chi connectivity index (χ1n) is 11.6. The second kappa shape index (κ2) is 12.1. The normalized spacial score (nSPS) is 12.0. The number of carbonyl (C=O) groups is 2. The number of anilines is 1. The summed E-state index contributed by atoms with van der Waals surface area (Å²) in [5.74, 6) is -0.817. The van der Waals surface area contributed by atoms with Crippen LogP contribution in [0, 0.1) is 6.92 Å². The molecule has 0 aliphatic rings. The van der Waals surface area contributed by atoms with Gasteiger partial charge in [-0.05, 0) is 55.3 Å². The molecule has 36 heavy (non-hydrogen) atoms. The highest BCUT2D eigenvalue weighted by atomic mass is 35.5. The molecule has 7 nitrogen and oxygen atoms in total. The summed E-state index contributed by atoms with van der Waals surface area (Å²) in [6, 6.07) is 21.0. The third-order valence-corrected chi connectivity index (χ3v) is 7.87. The molecule has 9 heteroatoms. The number of amides is 2. The third-order valence-electron chi connectivity index (χ3n) is 5.83. The smallest absolute Gasteiger partial charge is 0.264 e. The van der Waals surface area contributed by atoms with Crippen molar-refractivity contribution in [2.24, 2.45) is 0 Å². The predicted octanol–water partition coefficient (Wildman–Crippen LogP) is 4.40. The first-order valence-corrected chi connectivity index (χ1v) is 13.4. The van der Waals surface area contributed by atoms with Crippen LogP contribution < -0.4 is 9.62 Å². The molecule has 1 atom stereocenters. The molecule has 0 radical (unpaired) electrons. The van der Waals surface area contributed by atoms with Gasteiger partial charge in [-0.25, -0.2) is 8.42 Å². The van der Waals surface area contributed by atoms with Gasteiger partial charge in [0.05, 0.1) is 10.6 Å². The van der Waals surface area contributed by atoms with Gasteiger partial charge in [-0.1, -0.05) is 66.6 Å². The Kier molecular flexibility index (Phi) is 9.12. The minimum Gasteiger partial charge on any atom is -0.357 e. The number of sulfonamides is 1. The second-order valence-electron chi connectivity index (χ2n) is 8.35. The van der Waals surface area contributed by atoms with Gasteiger partial charge in [0.2, 0.25) is 11.8 Å². The van der Waals surface area contributed by atoms with Gasteiger partial charge in [-0.15, -0.1) is 0 Å². The molecule has 2 amide bonds. The summed E-state index contributed by atoms with van der Waals surface area (Å²) < 4.78 is 28.3. The Bertz CT molecular complexity index is 1280. The lowest BCUT2D eigenvalue weighted by Gasteiger charge is -2.33. The Morgan fingerprint density at radius 2 is 1.56 bits per heavy atom. The minimum atomic E-state index is -4.09. The van der Waals surface area contributed by atoms with Gasteiger partial charge in [-0.3, -0.25) is 13.9 Å². The molecule has 0 aliphatic heterocycles. The zero-order valence-corrected chi connectivity index (χ0v) is 22.1. The molecule has 0 heterocycles. The van der Waals surface area contributed by atoms with Crippen LogP contribution in [0.5, 0.6) is 0 Å². The fraction of sp³-hybridized carbons (Fsp3) is 0.259. The number of likely N-dealkylation sites (N-methyl/N-ethyl adjacent to an activating group) is 1. The van der Waals surface area contributed by atoms with Gasteiger partial charge in [-0.2, -0.15) is 0 Å². The van der Waals surface area contributed by atoms with Crippen molar-refractivity contribution >= 4 is 39.1 Å². The lowest BCUT2D eigenvalue weighted by atomic mass is 10.1. The minimum absolute atomic E-state index is 0.0520. The van der Waals surface area contributed by atoms with E-state index in [9.17, 15) is 18.0 Å². The maximum Gasteiger partial charge on any atom is 0.264 e. The van der Waals surface area contributed by atoms with Crippen LogP contribution in [0.4, 0.5) is 5.69 Å². The van der Waals surface area contributed by atoms with Crippen LogP contribution in [0.1, 0.15) is 24.5 Å². The van der Waals surface area contributed by atoms with Crippen molar-refractivity contribution in [1.29, 1.82) is 0 Å². The van der Waals surface area contributed by atoms with Gasteiger partial charge >= 0.3 is 0 Å². The number of rotatable bonds is 10. The van der Waals surface area contributed by atoms with Gasteiger partial charge in [0.1, 0.15) is 12.6 Å². The molecule has 0 aliphatic carbocycles. The second-order valence-corrected chi connectivity index (χ2v) is 10.6. The van der Waals surface area contributed by atoms with Crippen molar-refractivity contribution in [3.05, 3.63) is 95.0 Å². The van der Waals surface area contributed by atoms with Crippen LogP contribution in [-0.4, -0.2) is 44.8 Å². The highest BCUT2D eigenvalue weighted by Crippen LogP contribution is 2.26. The number of aryl methyl sites for hydroxylation is 1. The van der Waals surface area contributed by atoms with Crippen LogP contribution >= 0.6 is 11.6 Å². The van der Waals surface area contributed by atoms with E-state index in [1.807, 2.05) is 38.1 Å². The number of halogens is 1. The standard InChI is InChI=1S/C27H30ClN3O4S/c1-4-25(27(33)29-3)30(18-21-12-10-20(2)11-13-21)26(32)19-31(23-16-14-22(28)15-17-23)36(34,35)24-8-6-5-7-9-24/h5-17,25H,4,18-19H2,1-3H3,(H,29,33)/t25-/m0/s1. The highest BCUT2D eigenvalue weighted by molar-refractivity contribution is 7.92. The Hall–Kier alpha value is -3.36. The van der Waals surface area contributed by atoms with Crippen LogP contribution in [0.3, 0.4) is 0 Å². The molecule has 0 aromatic heterocycles. The maximum absolute atomic E-state index is 13.8. The number of nitrogens with one attached hydrogen (secondary N) is 1. The zero-order chi connectivity index (χ0) is 26.3. The SMILES string of the molecule is CC[C@@H](C(=O)NC)N(Cc1ccc(C)cc1)C(=O)CN(c1ccc(Cl)cc1)S(=O)(=O)c1ccccc1. The average Bonchev–Trinajstić information content (AvgIpc) is 2.89.